The highest BCUT2D eigenvalue weighted by molar-refractivity contribution is 9.10. The highest BCUT2D eigenvalue weighted by Crippen LogP contribution is 2.48. The van der Waals surface area contributed by atoms with Crippen LogP contribution in [0.4, 0.5) is 5.69 Å². The van der Waals surface area contributed by atoms with Crippen LogP contribution in [0.3, 0.4) is 0 Å². The molecule has 0 saturated heterocycles. The van der Waals surface area contributed by atoms with Crippen molar-refractivity contribution in [3.8, 4) is 0 Å². The minimum absolute atomic E-state index is 0.0183. The van der Waals surface area contributed by atoms with E-state index in [4.69, 9.17) is 0 Å². The van der Waals surface area contributed by atoms with Crippen molar-refractivity contribution < 1.29 is 9.49 Å². The zero-order chi connectivity index (χ0) is 17.9. The van der Waals surface area contributed by atoms with Crippen LogP contribution in [-0.2, 0) is 10.7 Å². The molecule has 25 heavy (non-hydrogen) atoms. The molecule has 0 saturated carbocycles. The fourth-order valence-corrected chi connectivity index (χ4v) is 5.88. The molecule has 6 heteroatoms. The first-order valence-electron chi connectivity index (χ1n) is 7.64. The largest absolute Gasteiger partial charge is 0.313 e. The van der Waals surface area contributed by atoms with Crippen LogP contribution in [-0.4, -0.2) is 4.92 Å². The molecule has 0 amide bonds. The highest BCUT2D eigenvalue weighted by atomic mass is 79.9. The number of hydrogen-bond donors (Lipinski definition) is 0. The normalized spacial score (nSPS) is 11.2. The van der Waals surface area contributed by atoms with E-state index < -0.39 is 12.1 Å². The number of benzene rings is 3. The van der Waals surface area contributed by atoms with Crippen molar-refractivity contribution in [1.82, 2.24) is 0 Å². The molecule has 0 spiro atoms. The van der Waals surface area contributed by atoms with Gasteiger partial charge < -0.3 is 4.57 Å². The van der Waals surface area contributed by atoms with Gasteiger partial charge in [0.05, 0.1) is 4.92 Å². The van der Waals surface area contributed by atoms with Crippen molar-refractivity contribution >= 4 is 39.4 Å². The molecular weight excluding hydrogens is 401 g/mol. The number of nitrogens with zero attached hydrogens (tertiary/aromatic N) is 1. The van der Waals surface area contributed by atoms with Crippen LogP contribution in [0.15, 0.2) is 83.3 Å². The molecule has 0 radical (unpaired) electrons. The van der Waals surface area contributed by atoms with Gasteiger partial charge in [-0.2, -0.15) is 0 Å². The minimum Gasteiger partial charge on any atom is -0.313 e. The Morgan fingerprint density at radius 2 is 1.40 bits per heavy atom. The molecule has 3 aromatic carbocycles. The number of hydrogen-bond acceptors (Lipinski definition) is 3. The summed E-state index contributed by atoms with van der Waals surface area (Å²) in [4.78, 5) is 11.0. The summed E-state index contributed by atoms with van der Waals surface area (Å²) in [5.41, 5.74) is 0.436. The van der Waals surface area contributed by atoms with Crippen molar-refractivity contribution in [2.24, 2.45) is 0 Å². The third kappa shape index (κ3) is 3.73. The number of nitro benzene ring substituents is 1. The van der Waals surface area contributed by atoms with Gasteiger partial charge >= 0.3 is 0 Å². The Hall–Kier alpha value is -2.23. The lowest BCUT2D eigenvalue weighted by atomic mass is 10.2. The molecule has 0 aliphatic carbocycles. The molecule has 3 rings (SSSR count). The van der Waals surface area contributed by atoms with E-state index in [0.29, 0.717) is 16.2 Å². The Kier molecular flexibility index (Phi) is 5.16. The molecule has 0 aliphatic heterocycles. The Bertz CT molecular complexity index is 902. The van der Waals surface area contributed by atoms with Crippen molar-refractivity contribution in [2.75, 3.05) is 0 Å². The fraction of sp³-hybridized carbons (Fsp3) is 0.0526. The van der Waals surface area contributed by atoms with Gasteiger partial charge in [-0.1, -0.05) is 76.6 Å². The van der Waals surface area contributed by atoms with Gasteiger partial charge in [0, 0.05) is 32.9 Å². The quantitative estimate of drug-likeness (QED) is 0.339. The first-order chi connectivity index (χ1) is 12.0. The van der Waals surface area contributed by atoms with Crippen LogP contribution in [0.2, 0.25) is 0 Å². The number of nitro groups is 1. The maximum atomic E-state index is 14.0. The second-order valence-electron chi connectivity index (χ2n) is 5.60. The van der Waals surface area contributed by atoms with Gasteiger partial charge in [-0.25, -0.2) is 0 Å². The van der Waals surface area contributed by atoms with Crippen LogP contribution in [0.5, 0.6) is 0 Å². The molecule has 0 unspecified atom stereocenters. The summed E-state index contributed by atoms with van der Waals surface area (Å²) in [5.74, 6) is 0. The third-order valence-electron chi connectivity index (χ3n) is 3.98. The van der Waals surface area contributed by atoms with E-state index in [1.165, 1.54) is 6.07 Å². The molecule has 3 aromatic rings. The van der Waals surface area contributed by atoms with Gasteiger partial charge in [0.1, 0.15) is 7.14 Å². The van der Waals surface area contributed by atoms with Gasteiger partial charge in [-0.3, -0.25) is 10.1 Å². The van der Waals surface area contributed by atoms with Crippen molar-refractivity contribution in [1.29, 1.82) is 0 Å². The van der Waals surface area contributed by atoms with Crippen LogP contribution >= 0.6 is 23.1 Å². The summed E-state index contributed by atoms with van der Waals surface area (Å²) in [6.45, 7) is 0. The molecule has 0 atom stereocenters. The standard InChI is InChI=1S/C19H15BrNO3P/c20-16-11-12-19(21(22)23)15(13-16)14-25(24,17-7-3-1-4-8-17)18-9-5-2-6-10-18/h1-13H,14H2. The molecule has 4 nitrogen and oxygen atoms in total. The van der Waals surface area contributed by atoms with Gasteiger partial charge in [0.25, 0.3) is 5.69 Å². The predicted molar refractivity (Wildman–Crippen MR) is 104 cm³/mol. The first-order valence-corrected chi connectivity index (χ1v) is 10.3. The molecule has 0 aromatic heterocycles. The third-order valence-corrected chi connectivity index (χ3v) is 7.52. The summed E-state index contributed by atoms with van der Waals surface area (Å²) in [6, 6.07) is 23.1. The second kappa shape index (κ2) is 7.34. The maximum absolute atomic E-state index is 14.0. The monoisotopic (exact) mass is 415 g/mol. The lowest BCUT2D eigenvalue weighted by Gasteiger charge is -2.19. The highest BCUT2D eigenvalue weighted by Gasteiger charge is 2.30. The Labute approximate surface area is 154 Å². The second-order valence-corrected chi connectivity index (χ2v) is 9.34. The smallest absolute Gasteiger partial charge is 0.273 e. The average Bonchev–Trinajstić information content (AvgIpc) is 2.63. The van der Waals surface area contributed by atoms with E-state index in [1.807, 2.05) is 60.7 Å². The van der Waals surface area contributed by atoms with E-state index in [1.54, 1.807) is 12.1 Å². The lowest BCUT2D eigenvalue weighted by molar-refractivity contribution is -0.385. The van der Waals surface area contributed by atoms with Gasteiger partial charge in [0.15, 0.2) is 0 Å². The van der Waals surface area contributed by atoms with Gasteiger partial charge in [0.2, 0.25) is 0 Å². The van der Waals surface area contributed by atoms with Crippen LogP contribution in [0.25, 0.3) is 0 Å². The van der Waals surface area contributed by atoms with E-state index in [9.17, 15) is 14.7 Å². The summed E-state index contributed by atoms with van der Waals surface area (Å²) >= 11 is 3.35. The summed E-state index contributed by atoms with van der Waals surface area (Å²) in [5, 5.41) is 12.8. The summed E-state index contributed by atoms with van der Waals surface area (Å²) in [6.07, 6.45) is 0.0940. The van der Waals surface area contributed by atoms with E-state index in [2.05, 4.69) is 15.9 Å². The van der Waals surface area contributed by atoms with Crippen molar-refractivity contribution in [3.63, 3.8) is 0 Å². The summed E-state index contributed by atoms with van der Waals surface area (Å²) in [7, 11) is -3.06. The SMILES string of the molecule is O=[N+]([O-])c1ccc(Br)cc1CP(=O)(c1ccccc1)c1ccccc1. The van der Waals surface area contributed by atoms with E-state index in [-0.39, 0.29) is 11.8 Å². The van der Waals surface area contributed by atoms with Crippen LogP contribution in [0.1, 0.15) is 5.56 Å². The van der Waals surface area contributed by atoms with Crippen LogP contribution < -0.4 is 10.6 Å². The lowest BCUT2D eigenvalue weighted by Crippen LogP contribution is -2.17. The Morgan fingerprint density at radius 3 is 1.88 bits per heavy atom. The zero-order valence-corrected chi connectivity index (χ0v) is 15.7. The average molecular weight is 416 g/mol. The molecule has 0 aliphatic rings. The molecule has 0 N–H and O–H groups in total. The minimum atomic E-state index is -3.06. The Morgan fingerprint density at radius 1 is 0.880 bits per heavy atom. The maximum Gasteiger partial charge on any atom is 0.273 e. The molecular formula is C19H15BrNO3P. The fourth-order valence-electron chi connectivity index (χ4n) is 2.77. The zero-order valence-electron chi connectivity index (χ0n) is 13.2. The molecule has 0 heterocycles. The number of halogens is 1. The van der Waals surface area contributed by atoms with E-state index >= 15 is 0 Å². The number of rotatable bonds is 5. The van der Waals surface area contributed by atoms with Gasteiger partial charge in [-0.15, -0.1) is 0 Å². The van der Waals surface area contributed by atoms with Crippen molar-refractivity contribution in [2.45, 2.75) is 6.16 Å². The first kappa shape index (κ1) is 17.6. The van der Waals surface area contributed by atoms with Crippen molar-refractivity contribution in [3.05, 3.63) is 99.0 Å². The topological polar surface area (TPSA) is 60.2 Å². The molecule has 0 fully saturated rings. The van der Waals surface area contributed by atoms with Crippen LogP contribution in [0, 0.1) is 10.1 Å². The predicted octanol–water partition coefficient (Wildman–Crippen LogP) is 4.87. The Balaban J connectivity index is 2.17. The summed E-state index contributed by atoms with van der Waals surface area (Å²) < 4.78 is 14.8. The van der Waals surface area contributed by atoms with E-state index in [0.717, 1.165) is 4.47 Å². The molecule has 0 bridgehead atoms. The molecule has 126 valence electrons. The van der Waals surface area contributed by atoms with Gasteiger partial charge in [-0.05, 0) is 12.1 Å².